The Hall–Kier alpha value is -4.56. The molecule has 0 saturated heterocycles. The van der Waals surface area contributed by atoms with Gasteiger partial charge in [0.2, 0.25) is 5.78 Å². The van der Waals surface area contributed by atoms with Crippen LogP contribution in [0.3, 0.4) is 0 Å². The van der Waals surface area contributed by atoms with E-state index in [1.807, 2.05) is 55.5 Å². The fourth-order valence-electron chi connectivity index (χ4n) is 4.02. The van der Waals surface area contributed by atoms with Gasteiger partial charge in [0, 0.05) is 22.2 Å². The molecule has 0 radical (unpaired) electrons. The number of phenols is 1. The first-order valence-corrected chi connectivity index (χ1v) is 12.3. The molecule has 8 nitrogen and oxygen atoms in total. The fourth-order valence-corrected chi connectivity index (χ4v) is 4.20. The minimum Gasteiger partial charge on any atom is -0.506 e. The number of phenolic OH excluding ortho intramolecular Hbond substituents is 1. The smallest absolute Gasteiger partial charge is 0.411 e. The highest BCUT2D eigenvalue weighted by atomic mass is 35.5. The summed E-state index contributed by atoms with van der Waals surface area (Å²) < 4.78 is 11.2. The molecule has 38 heavy (non-hydrogen) atoms. The molecule has 0 aromatic heterocycles. The molecule has 0 heterocycles. The number of rotatable bonds is 9. The summed E-state index contributed by atoms with van der Waals surface area (Å²) in [7, 11) is 0. The lowest BCUT2D eigenvalue weighted by molar-refractivity contribution is 0.106. The second-order valence-electron chi connectivity index (χ2n) is 8.25. The molecular weight excluding hydrogens is 506 g/mol. The molecular formula is C29H26ClN3O5. The van der Waals surface area contributed by atoms with Crippen LogP contribution in [-0.4, -0.2) is 35.9 Å². The first-order valence-electron chi connectivity index (χ1n) is 11.9. The van der Waals surface area contributed by atoms with E-state index in [4.69, 9.17) is 26.9 Å². The van der Waals surface area contributed by atoms with Gasteiger partial charge in [-0.05, 0) is 53.8 Å². The van der Waals surface area contributed by atoms with E-state index in [9.17, 15) is 14.7 Å². The van der Waals surface area contributed by atoms with Crippen molar-refractivity contribution < 1.29 is 24.2 Å². The largest absolute Gasteiger partial charge is 0.506 e. The first-order chi connectivity index (χ1) is 18.4. The second kappa shape index (κ2) is 12.1. The van der Waals surface area contributed by atoms with Crippen molar-refractivity contribution in [2.75, 3.05) is 18.5 Å². The van der Waals surface area contributed by atoms with Crippen molar-refractivity contribution in [1.82, 2.24) is 0 Å². The van der Waals surface area contributed by atoms with E-state index < -0.39 is 11.9 Å². The van der Waals surface area contributed by atoms with E-state index in [1.54, 1.807) is 12.1 Å². The van der Waals surface area contributed by atoms with E-state index in [-0.39, 0.29) is 35.3 Å². The number of hydrazone groups is 1. The number of anilines is 1. The summed E-state index contributed by atoms with van der Waals surface area (Å²) in [5.74, 6) is 5.60. The summed E-state index contributed by atoms with van der Waals surface area (Å²) in [6.07, 6.45) is 0.222. The number of ether oxygens (including phenoxy) is 2. The molecule has 0 bridgehead atoms. The molecule has 0 unspecified atom stereocenters. The van der Waals surface area contributed by atoms with Crippen LogP contribution in [0.1, 0.15) is 28.4 Å². The molecule has 194 valence electrons. The van der Waals surface area contributed by atoms with Gasteiger partial charge in [-0.25, -0.2) is 4.79 Å². The predicted molar refractivity (Wildman–Crippen MR) is 148 cm³/mol. The van der Waals surface area contributed by atoms with Crippen LogP contribution in [0.4, 0.5) is 10.5 Å². The van der Waals surface area contributed by atoms with E-state index in [1.165, 1.54) is 18.2 Å². The number of halogens is 1. The lowest BCUT2D eigenvalue weighted by atomic mass is 9.95. The molecule has 0 aliphatic carbocycles. The molecule has 9 heteroatoms. The van der Waals surface area contributed by atoms with Crippen LogP contribution in [0.15, 0.2) is 84.0 Å². The van der Waals surface area contributed by atoms with Crippen LogP contribution >= 0.6 is 11.6 Å². The molecule has 0 aliphatic rings. The number of amides is 1. The van der Waals surface area contributed by atoms with Crippen molar-refractivity contribution in [1.29, 1.82) is 0 Å². The number of aryl methyl sites for hydroxylation is 1. The molecule has 0 aliphatic heterocycles. The van der Waals surface area contributed by atoms with Crippen LogP contribution in [0.25, 0.3) is 10.8 Å². The molecule has 1 amide bonds. The fraction of sp³-hybridized carbons (Fsp3) is 0.138. The van der Waals surface area contributed by atoms with E-state index in [2.05, 4.69) is 10.4 Å². The van der Waals surface area contributed by atoms with Gasteiger partial charge >= 0.3 is 6.09 Å². The molecule has 0 saturated carbocycles. The Morgan fingerprint density at radius 2 is 1.71 bits per heavy atom. The Morgan fingerprint density at radius 1 is 0.974 bits per heavy atom. The van der Waals surface area contributed by atoms with Gasteiger partial charge in [0.1, 0.15) is 30.4 Å². The lowest BCUT2D eigenvalue weighted by Crippen LogP contribution is -2.19. The van der Waals surface area contributed by atoms with Gasteiger partial charge in [0.25, 0.3) is 0 Å². The Kier molecular flexibility index (Phi) is 8.45. The van der Waals surface area contributed by atoms with Gasteiger partial charge in [-0.3, -0.25) is 10.1 Å². The number of hydrogen-bond donors (Lipinski definition) is 3. The monoisotopic (exact) mass is 531 g/mol. The minimum atomic E-state index is -0.564. The maximum absolute atomic E-state index is 13.2. The van der Waals surface area contributed by atoms with Crippen molar-refractivity contribution >= 4 is 45.6 Å². The Bertz CT molecular complexity index is 1520. The number of nitrogens with two attached hydrogens (primary N) is 1. The predicted octanol–water partition coefficient (Wildman–Crippen LogP) is 5.93. The number of carbonyl (C=O) groups excluding carboxylic acids is 2. The summed E-state index contributed by atoms with van der Waals surface area (Å²) in [6, 6.07) is 22.4. The highest BCUT2D eigenvalue weighted by Gasteiger charge is 2.21. The average Bonchev–Trinajstić information content (AvgIpc) is 2.94. The number of para-hydroxylation sites is 1. The molecule has 4 aromatic carbocycles. The number of ketones is 1. The third-order valence-electron chi connectivity index (χ3n) is 5.90. The van der Waals surface area contributed by atoms with Crippen molar-refractivity contribution in [3.63, 3.8) is 0 Å². The number of nitrogens with one attached hydrogen (secondary N) is 1. The van der Waals surface area contributed by atoms with Crippen molar-refractivity contribution in [2.45, 2.75) is 13.3 Å². The molecule has 4 rings (SSSR count). The molecule has 0 atom stereocenters. The summed E-state index contributed by atoms with van der Waals surface area (Å²) in [5.41, 5.74) is 2.50. The Balaban J connectivity index is 1.46. The summed E-state index contributed by atoms with van der Waals surface area (Å²) in [5, 5.41) is 17.7. The number of carbonyl (C=O) groups is 2. The normalized spacial score (nSPS) is 11.3. The maximum Gasteiger partial charge on any atom is 0.411 e. The van der Waals surface area contributed by atoms with Gasteiger partial charge in [0.05, 0.1) is 5.02 Å². The SMILES string of the molecule is CCc1ccccc1NC(=O)OCCOc1ccc(/C(=N\N)C(=O)c2ccc(O)c(Cl)c2)c2ccccc12. The van der Waals surface area contributed by atoms with Crippen molar-refractivity contribution in [3.05, 3.63) is 101 Å². The highest BCUT2D eigenvalue weighted by molar-refractivity contribution is 6.53. The highest BCUT2D eigenvalue weighted by Crippen LogP contribution is 2.30. The van der Waals surface area contributed by atoms with E-state index in [0.717, 1.165) is 17.4 Å². The van der Waals surface area contributed by atoms with Gasteiger partial charge in [0.15, 0.2) is 0 Å². The van der Waals surface area contributed by atoms with Crippen LogP contribution in [0, 0.1) is 0 Å². The Labute approximate surface area is 224 Å². The molecule has 4 N–H and O–H groups in total. The number of aromatic hydroxyl groups is 1. The zero-order chi connectivity index (χ0) is 27.1. The number of hydrogen-bond acceptors (Lipinski definition) is 7. The molecule has 0 spiro atoms. The summed E-state index contributed by atoms with van der Waals surface area (Å²) in [4.78, 5) is 25.4. The minimum absolute atomic E-state index is 0.0295. The standard InChI is InChI=1S/C29H26ClN3O5/c1-2-18-7-3-6-10-24(18)32-29(36)38-16-15-37-26-14-12-22(20-8-4-5-9-21(20)26)27(33-31)28(35)19-11-13-25(34)23(30)17-19/h3-14,17,34H,2,15-16,31H2,1H3,(H,32,36)/b33-27+. The van der Waals surface area contributed by atoms with Crippen molar-refractivity contribution in [3.8, 4) is 11.5 Å². The van der Waals surface area contributed by atoms with Crippen LogP contribution in [0.5, 0.6) is 11.5 Å². The van der Waals surface area contributed by atoms with E-state index in [0.29, 0.717) is 22.4 Å². The first kappa shape index (κ1) is 26.5. The maximum atomic E-state index is 13.2. The lowest BCUT2D eigenvalue weighted by Gasteiger charge is -2.14. The summed E-state index contributed by atoms with van der Waals surface area (Å²) in [6.45, 7) is 2.16. The van der Waals surface area contributed by atoms with Crippen LogP contribution in [-0.2, 0) is 11.2 Å². The number of fused-ring (bicyclic) bond motifs is 1. The number of Topliss-reactive ketones (excluding diaryl/α,β-unsaturated/α-hetero) is 1. The van der Waals surface area contributed by atoms with E-state index >= 15 is 0 Å². The number of nitrogens with zero attached hydrogens (tertiary/aromatic N) is 1. The quantitative estimate of drug-likeness (QED) is 0.0808. The van der Waals surface area contributed by atoms with Gasteiger partial charge in [-0.1, -0.05) is 61.0 Å². The van der Waals surface area contributed by atoms with Crippen LogP contribution in [0.2, 0.25) is 5.02 Å². The summed E-state index contributed by atoms with van der Waals surface area (Å²) >= 11 is 5.98. The third-order valence-corrected chi connectivity index (χ3v) is 6.21. The zero-order valence-corrected chi connectivity index (χ0v) is 21.4. The molecule has 4 aromatic rings. The third kappa shape index (κ3) is 5.87. The van der Waals surface area contributed by atoms with Gasteiger partial charge in [-0.15, -0.1) is 0 Å². The second-order valence-corrected chi connectivity index (χ2v) is 8.66. The number of benzene rings is 4. The zero-order valence-electron chi connectivity index (χ0n) is 20.6. The van der Waals surface area contributed by atoms with Crippen molar-refractivity contribution in [2.24, 2.45) is 10.9 Å². The topological polar surface area (TPSA) is 123 Å². The molecule has 0 fully saturated rings. The van der Waals surface area contributed by atoms with Gasteiger partial charge in [-0.2, -0.15) is 5.10 Å². The van der Waals surface area contributed by atoms with Crippen LogP contribution < -0.4 is 15.9 Å². The van der Waals surface area contributed by atoms with Gasteiger partial charge < -0.3 is 20.4 Å². The Morgan fingerprint density at radius 3 is 2.45 bits per heavy atom. The average molecular weight is 532 g/mol.